The van der Waals surface area contributed by atoms with Crippen LogP contribution in [-0.4, -0.2) is 35.9 Å². The van der Waals surface area contributed by atoms with E-state index in [0.717, 1.165) is 10.6 Å². The Labute approximate surface area is 164 Å². The van der Waals surface area contributed by atoms with Crippen molar-refractivity contribution in [3.8, 4) is 11.5 Å². The van der Waals surface area contributed by atoms with Crippen LogP contribution in [0.3, 0.4) is 0 Å². The fourth-order valence-corrected chi connectivity index (χ4v) is 2.95. The van der Waals surface area contributed by atoms with Gasteiger partial charge in [-0.15, -0.1) is 0 Å². The van der Waals surface area contributed by atoms with Gasteiger partial charge in [0.1, 0.15) is 6.54 Å². The Kier molecular flexibility index (Phi) is 5.67. The summed E-state index contributed by atoms with van der Waals surface area (Å²) >= 11 is 0. The summed E-state index contributed by atoms with van der Waals surface area (Å²) < 4.78 is 54.4. The SMILES string of the molecule is Cc1cc(C(=O)COC(=O)/C=C/c2ccc3c(c2)OCO3)c(C)n1CC(F)(F)F. The molecule has 29 heavy (non-hydrogen) atoms. The summed E-state index contributed by atoms with van der Waals surface area (Å²) in [5.74, 6) is -0.153. The highest BCUT2D eigenvalue weighted by molar-refractivity contribution is 6.00. The predicted octanol–water partition coefficient (Wildman–Crippen LogP) is 3.84. The van der Waals surface area contributed by atoms with E-state index in [2.05, 4.69) is 0 Å². The fraction of sp³-hybridized carbons (Fsp3) is 0.300. The standard InChI is InChI=1S/C20H18F3NO5/c1-12-7-15(13(2)24(12)10-20(21,22)23)16(25)9-27-19(26)6-4-14-3-5-17-18(8-14)29-11-28-17/h3-8H,9-11H2,1-2H3/b6-4+. The minimum absolute atomic E-state index is 0.0966. The number of nitrogens with zero attached hydrogens (tertiary/aromatic N) is 1. The number of aryl methyl sites for hydroxylation is 1. The minimum Gasteiger partial charge on any atom is -0.454 e. The largest absolute Gasteiger partial charge is 0.454 e. The smallest absolute Gasteiger partial charge is 0.406 e. The third-order valence-corrected chi connectivity index (χ3v) is 4.37. The minimum atomic E-state index is -4.40. The first-order valence-electron chi connectivity index (χ1n) is 8.65. The summed E-state index contributed by atoms with van der Waals surface area (Å²) in [6, 6.07) is 6.47. The third-order valence-electron chi connectivity index (χ3n) is 4.37. The lowest BCUT2D eigenvalue weighted by Gasteiger charge is -2.12. The van der Waals surface area contributed by atoms with E-state index in [0.29, 0.717) is 22.8 Å². The summed E-state index contributed by atoms with van der Waals surface area (Å²) in [4.78, 5) is 24.1. The number of aromatic nitrogens is 1. The van der Waals surface area contributed by atoms with Gasteiger partial charge < -0.3 is 18.8 Å². The van der Waals surface area contributed by atoms with Gasteiger partial charge in [0.05, 0.1) is 0 Å². The Bertz CT molecular complexity index is 975. The quantitative estimate of drug-likeness (QED) is 0.412. The number of carbonyl (C=O) groups excluding carboxylic acids is 2. The van der Waals surface area contributed by atoms with Crippen LogP contribution in [0.15, 0.2) is 30.3 Å². The van der Waals surface area contributed by atoms with E-state index in [1.807, 2.05) is 0 Å². The maximum Gasteiger partial charge on any atom is 0.406 e. The Morgan fingerprint density at radius 2 is 1.90 bits per heavy atom. The number of ether oxygens (including phenoxy) is 3. The van der Waals surface area contributed by atoms with Crippen molar-refractivity contribution in [3.05, 3.63) is 52.9 Å². The number of carbonyl (C=O) groups is 2. The fourth-order valence-electron chi connectivity index (χ4n) is 2.95. The van der Waals surface area contributed by atoms with Crippen LogP contribution in [0.1, 0.15) is 27.3 Å². The molecule has 0 fully saturated rings. The average Bonchev–Trinajstić information content (AvgIpc) is 3.22. The number of hydrogen-bond acceptors (Lipinski definition) is 5. The molecule has 0 amide bonds. The second kappa shape index (κ2) is 8.02. The lowest BCUT2D eigenvalue weighted by Crippen LogP contribution is -2.20. The highest BCUT2D eigenvalue weighted by Crippen LogP contribution is 2.32. The summed E-state index contributed by atoms with van der Waals surface area (Å²) in [5, 5.41) is 0. The van der Waals surface area contributed by atoms with Crippen LogP contribution in [0.25, 0.3) is 6.08 Å². The van der Waals surface area contributed by atoms with Crippen LogP contribution in [-0.2, 0) is 16.1 Å². The molecule has 0 unspecified atom stereocenters. The Morgan fingerprint density at radius 3 is 2.62 bits per heavy atom. The molecule has 0 bridgehead atoms. The molecule has 0 saturated heterocycles. The first-order valence-corrected chi connectivity index (χ1v) is 8.65. The lowest BCUT2D eigenvalue weighted by molar-refractivity contribution is -0.141. The number of alkyl halides is 3. The monoisotopic (exact) mass is 409 g/mol. The normalized spacial score (nSPS) is 13.1. The van der Waals surface area contributed by atoms with Crippen molar-refractivity contribution in [1.82, 2.24) is 4.57 Å². The molecule has 0 aliphatic carbocycles. The summed E-state index contributed by atoms with van der Waals surface area (Å²) in [5.41, 5.74) is 1.25. The van der Waals surface area contributed by atoms with Crippen LogP contribution in [0.4, 0.5) is 13.2 Å². The van der Waals surface area contributed by atoms with Gasteiger partial charge in [0.15, 0.2) is 18.1 Å². The molecule has 0 radical (unpaired) electrons. The second-order valence-corrected chi connectivity index (χ2v) is 6.46. The van der Waals surface area contributed by atoms with Crippen molar-refractivity contribution >= 4 is 17.8 Å². The molecule has 6 nitrogen and oxygen atoms in total. The van der Waals surface area contributed by atoms with E-state index in [-0.39, 0.29) is 18.1 Å². The lowest BCUT2D eigenvalue weighted by atomic mass is 10.1. The van der Waals surface area contributed by atoms with Crippen molar-refractivity contribution in [2.45, 2.75) is 26.6 Å². The number of Topliss-reactive ketones (excluding diaryl/α,β-unsaturated/α-hetero) is 1. The van der Waals surface area contributed by atoms with Gasteiger partial charge in [-0.05, 0) is 43.7 Å². The number of halogens is 3. The maximum absolute atomic E-state index is 12.7. The molecule has 3 rings (SSSR count). The second-order valence-electron chi connectivity index (χ2n) is 6.46. The van der Waals surface area contributed by atoms with Crippen LogP contribution in [0.2, 0.25) is 0 Å². The molecule has 1 aliphatic heterocycles. The van der Waals surface area contributed by atoms with Gasteiger partial charge in [-0.25, -0.2) is 4.79 Å². The highest BCUT2D eigenvalue weighted by atomic mass is 19.4. The van der Waals surface area contributed by atoms with E-state index in [4.69, 9.17) is 14.2 Å². The zero-order valence-electron chi connectivity index (χ0n) is 15.7. The molecular formula is C20H18F3NO5. The van der Waals surface area contributed by atoms with Crippen molar-refractivity contribution < 1.29 is 37.0 Å². The summed E-state index contributed by atoms with van der Waals surface area (Å²) in [7, 11) is 0. The van der Waals surface area contributed by atoms with Crippen LogP contribution in [0, 0.1) is 13.8 Å². The van der Waals surface area contributed by atoms with Crippen molar-refractivity contribution in [1.29, 1.82) is 0 Å². The maximum atomic E-state index is 12.7. The molecule has 1 aromatic heterocycles. The molecule has 154 valence electrons. The van der Waals surface area contributed by atoms with E-state index in [9.17, 15) is 22.8 Å². The van der Waals surface area contributed by atoms with E-state index in [1.54, 1.807) is 18.2 Å². The Morgan fingerprint density at radius 1 is 1.17 bits per heavy atom. The number of rotatable bonds is 6. The zero-order chi connectivity index (χ0) is 21.2. The Hall–Kier alpha value is -3.23. The summed E-state index contributed by atoms with van der Waals surface area (Å²) in [6.07, 6.45) is -1.76. The molecule has 0 saturated carbocycles. The molecule has 9 heteroatoms. The van der Waals surface area contributed by atoms with Gasteiger partial charge in [-0.1, -0.05) is 6.07 Å². The molecule has 1 aliphatic rings. The average molecular weight is 409 g/mol. The van der Waals surface area contributed by atoms with Crippen molar-refractivity contribution in [3.63, 3.8) is 0 Å². The van der Waals surface area contributed by atoms with Crippen LogP contribution >= 0.6 is 0 Å². The van der Waals surface area contributed by atoms with Gasteiger partial charge in [0, 0.05) is 23.0 Å². The molecule has 2 heterocycles. The number of fused-ring (bicyclic) bond motifs is 1. The highest BCUT2D eigenvalue weighted by Gasteiger charge is 2.30. The van der Waals surface area contributed by atoms with Gasteiger partial charge in [-0.2, -0.15) is 13.2 Å². The molecular weight excluding hydrogens is 391 g/mol. The van der Waals surface area contributed by atoms with E-state index >= 15 is 0 Å². The van der Waals surface area contributed by atoms with Crippen molar-refractivity contribution in [2.75, 3.05) is 13.4 Å². The Balaban J connectivity index is 1.59. The summed E-state index contributed by atoms with van der Waals surface area (Å²) in [6.45, 7) is 1.29. The molecule has 0 spiro atoms. The van der Waals surface area contributed by atoms with Gasteiger partial charge in [-0.3, -0.25) is 4.79 Å². The van der Waals surface area contributed by atoms with E-state index < -0.39 is 31.1 Å². The van der Waals surface area contributed by atoms with Crippen LogP contribution < -0.4 is 9.47 Å². The molecule has 2 aromatic rings. The van der Waals surface area contributed by atoms with Crippen molar-refractivity contribution in [2.24, 2.45) is 0 Å². The van der Waals surface area contributed by atoms with Gasteiger partial charge in [0.25, 0.3) is 0 Å². The molecule has 0 atom stereocenters. The number of benzene rings is 1. The molecule has 0 N–H and O–H groups in total. The van der Waals surface area contributed by atoms with E-state index in [1.165, 1.54) is 26.0 Å². The first kappa shape index (κ1) is 20.5. The number of esters is 1. The molecule has 1 aromatic carbocycles. The van der Waals surface area contributed by atoms with Gasteiger partial charge in [0.2, 0.25) is 12.6 Å². The van der Waals surface area contributed by atoms with Gasteiger partial charge >= 0.3 is 12.1 Å². The third kappa shape index (κ3) is 4.98. The number of hydrogen-bond donors (Lipinski definition) is 0. The number of ketones is 1. The first-order chi connectivity index (χ1) is 13.6. The predicted molar refractivity (Wildman–Crippen MR) is 96.8 cm³/mol. The van der Waals surface area contributed by atoms with Crippen LogP contribution in [0.5, 0.6) is 11.5 Å². The zero-order valence-corrected chi connectivity index (χ0v) is 15.7. The topological polar surface area (TPSA) is 66.8 Å².